The van der Waals surface area contributed by atoms with Crippen molar-refractivity contribution < 1.29 is 4.79 Å². The van der Waals surface area contributed by atoms with Gasteiger partial charge in [-0.3, -0.25) is 4.79 Å². The van der Waals surface area contributed by atoms with E-state index in [0.717, 1.165) is 37.1 Å². The number of para-hydroxylation sites is 1. The Morgan fingerprint density at radius 3 is 2.67 bits per heavy atom. The largest absolute Gasteiger partial charge is 0.336 e. The van der Waals surface area contributed by atoms with Crippen LogP contribution in [0.25, 0.3) is 0 Å². The number of carbonyl (C=O) groups is 1. The molecular weight excluding hydrogens is 336 g/mol. The van der Waals surface area contributed by atoms with Crippen molar-refractivity contribution in [2.75, 3.05) is 11.9 Å². The van der Waals surface area contributed by atoms with Crippen molar-refractivity contribution >= 4 is 17.5 Å². The van der Waals surface area contributed by atoms with Gasteiger partial charge in [-0.1, -0.05) is 39.0 Å². The van der Waals surface area contributed by atoms with E-state index in [1.165, 1.54) is 12.0 Å². The molecule has 1 aromatic carbocycles. The number of carbonyl (C=O) groups excluding carboxylic acids is 1. The van der Waals surface area contributed by atoms with Crippen LogP contribution in [0.15, 0.2) is 30.6 Å². The van der Waals surface area contributed by atoms with E-state index in [0.29, 0.717) is 23.5 Å². The van der Waals surface area contributed by atoms with E-state index < -0.39 is 0 Å². The summed E-state index contributed by atoms with van der Waals surface area (Å²) in [5.41, 5.74) is 4.00. The van der Waals surface area contributed by atoms with E-state index >= 15 is 0 Å². The monoisotopic (exact) mass is 366 g/mol. The van der Waals surface area contributed by atoms with Gasteiger partial charge in [-0.05, 0) is 49.7 Å². The van der Waals surface area contributed by atoms with E-state index in [1.807, 2.05) is 4.90 Å². The third-order valence-electron chi connectivity index (χ3n) is 5.42. The average Bonchev–Trinajstić information content (AvgIpc) is 2.69. The smallest absolute Gasteiger partial charge is 0.257 e. The third kappa shape index (κ3) is 4.29. The lowest BCUT2D eigenvalue weighted by molar-refractivity contribution is 0.0607. The first-order chi connectivity index (χ1) is 13.0. The molecule has 1 unspecified atom stereocenters. The Labute approximate surface area is 162 Å². The Balaban J connectivity index is 1.77. The molecule has 3 rings (SSSR count). The predicted molar refractivity (Wildman–Crippen MR) is 110 cm³/mol. The van der Waals surface area contributed by atoms with E-state index in [4.69, 9.17) is 0 Å². The Kier molecular flexibility index (Phi) is 6.09. The number of benzene rings is 1. The zero-order valence-electron chi connectivity index (χ0n) is 16.8. The van der Waals surface area contributed by atoms with Crippen LogP contribution in [0.3, 0.4) is 0 Å². The first-order valence-corrected chi connectivity index (χ1v) is 10.0. The van der Waals surface area contributed by atoms with E-state index in [2.05, 4.69) is 61.2 Å². The van der Waals surface area contributed by atoms with Gasteiger partial charge in [0.05, 0.1) is 5.56 Å². The van der Waals surface area contributed by atoms with Crippen molar-refractivity contribution in [3.8, 4) is 0 Å². The van der Waals surface area contributed by atoms with Crippen molar-refractivity contribution in [2.24, 2.45) is 0 Å². The summed E-state index contributed by atoms with van der Waals surface area (Å²) < 4.78 is 0. The molecule has 1 aliphatic heterocycles. The second-order valence-corrected chi connectivity index (χ2v) is 7.67. The Morgan fingerprint density at radius 2 is 2.00 bits per heavy atom. The fourth-order valence-electron chi connectivity index (χ4n) is 3.82. The molecule has 1 amide bonds. The maximum absolute atomic E-state index is 12.9. The predicted octanol–water partition coefficient (Wildman–Crippen LogP) is 5.06. The highest BCUT2D eigenvalue weighted by atomic mass is 16.2. The molecule has 2 heterocycles. The molecule has 1 N–H and O–H groups in total. The molecule has 1 aromatic heterocycles. The van der Waals surface area contributed by atoms with Crippen molar-refractivity contribution in [3.63, 3.8) is 0 Å². The van der Waals surface area contributed by atoms with E-state index in [1.54, 1.807) is 12.4 Å². The standard InChI is InChI=1S/C22H30N4O/c1-5-18-10-6-7-12-26(18)21(27)17-13-23-22(24-14-17)25-20-16(4)9-8-11-19(20)15(2)3/h8-9,11,13-15,18H,5-7,10,12H2,1-4H3,(H,23,24,25). The van der Waals surface area contributed by atoms with Crippen LogP contribution in [0.4, 0.5) is 11.6 Å². The van der Waals surface area contributed by atoms with Crippen LogP contribution < -0.4 is 5.32 Å². The van der Waals surface area contributed by atoms with Crippen LogP contribution in [0.5, 0.6) is 0 Å². The number of nitrogens with zero attached hydrogens (tertiary/aromatic N) is 3. The lowest BCUT2D eigenvalue weighted by Crippen LogP contribution is -2.43. The summed E-state index contributed by atoms with van der Waals surface area (Å²) in [6.45, 7) is 9.40. The van der Waals surface area contributed by atoms with Gasteiger partial charge in [0, 0.05) is 30.7 Å². The number of hydrogen-bond acceptors (Lipinski definition) is 4. The van der Waals surface area contributed by atoms with Crippen LogP contribution in [0.2, 0.25) is 0 Å². The lowest BCUT2D eigenvalue weighted by Gasteiger charge is -2.35. The van der Waals surface area contributed by atoms with Gasteiger partial charge in [0.15, 0.2) is 0 Å². The van der Waals surface area contributed by atoms with Crippen molar-refractivity contribution in [2.45, 2.75) is 65.3 Å². The molecule has 5 nitrogen and oxygen atoms in total. The van der Waals surface area contributed by atoms with Gasteiger partial charge in [0.1, 0.15) is 0 Å². The summed E-state index contributed by atoms with van der Waals surface area (Å²) in [5, 5.41) is 3.34. The van der Waals surface area contributed by atoms with Gasteiger partial charge in [0.2, 0.25) is 5.95 Å². The number of amides is 1. The summed E-state index contributed by atoms with van der Waals surface area (Å²) in [7, 11) is 0. The van der Waals surface area contributed by atoms with Crippen molar-refractivity contribution in [1.29, 1.82) is 0 Å². The van der Waals surface area contributed by atoms with Crippen LogP contribution in [0.1, 0.15) is 73.9 Å². The number of aromatic nitrogens is 2. The molecule has 0 bridgehead atoms. The average molecular weight is 367 g/mol. The highest BCUT2D eigenvalue weighted by Gasteiger charge is 2.26. The number of anilines is 2. The summed E-state index contributed by atoms with van der Waals surface area (Å²) in [4.78, 5) is 23.7. The molecule has 0 spiro atoms. The SMILES string of the molecule is CCC1CCCCN1C(=O)c1cnc(Nc2c(C)cccc2C(C)C)nc1. The number of nitrogens with one attached hydrogen (secondary N) is 1. The second-order valence-electron chi connectivity index (χ2n) is 7.67. The first-order valence-electron chi connectivity index (χ1n) is 10.0. The normalized spacial score (nSPS) is 17.2. The quantitative estimate of drug-likeness (QED) is 0.804. The molecule has 2 aromatic rings. The Bertz CT molecular complexity index is 785. The van der Waals surface area contributed by atoms with Gasteiger partial charge >= 0.3 is 0 Å². The first kappa shape index (κ1) is 19.3. The fraction of sp³-hybridized carbons (Fsp3) is 0.500. The lowest BCUT2D eigenvalue weighted by atomic mass is 9.98. The van der Waals surface area contributed by atoms with Crippen LogP contribution in [0, 0.1) is 6.92 Å². The van der Waals surface area contributed by atoms with Gasteiger partial charge in [-0.2, -0.15) is 0 Å². The summed E-state index contributed by atoms with van der Waals surface area (Å²) >= 11 is 0. The van der Waals surface area contributed by atoms with Gasteiger partial charge in [-0.25, -0.2) is 9.97 Å². The highest BCUT2D eigenvalue weighted by Crippen LogP contribution is 2.29. The molecule has 144 valence electrons. The minimum absolute atomic E-state index is 0.0480. The van der Waals surface area contributed by atoms with Gasteiger partial charge in [0.25, 0.3) is 5.91 Å². The molecule has 0 aliphatic carbocycles. The molecule has 0 saturated carbocycles. The summed E-state index contributed by atoms with van der Waals surface area (Å²) in [6.07, 6.45) is 7.66. The molecule has 27 heavy (non-hydrogen) atoms. The van der Waals surface area contributed by atoms with Crippen molar-refractivity contribution in [1.82, 2.24) is 14.9 Å². The zero-order valence-corrected chi connectivity index (χ0v) is 16.8. The molecule has 1 saturated heterocycles. The summed E-state index contributed by atoms with van der Waals surface area (Å²) in [5.74, 6) is 0.971. The number of piperidine rings is 1. The Morgan fingerprint density at radius 1 is 1.26 bits per heavy atom. The van der Waals surface area contributed by atoms with Gasteiger partial charge < -0.3 is 10.2 Å². The number of aryl methyl sites for hydroxylation is 1. The van der Waals surface area contributed by atoms with Crippen LogP contribution in [-0.4, -0.2) is 33.4 Å². The highest BCUT2D eigenvalue weighted by molar-refractivity contribution is 5.94. The summed E-state index contributed by atoms with van der Waals surface area (Å²) in [6, 6.07) is 6.61. The zero-order chi connectivity index (χ0) is 19.4. The molecule has 1 aliphatic rings. The molecule has 1 atom stereocenters. The number of rotatable bonds is 5. The minimum atomic E-state index is 0.0480. The molecule has 0 radical (unpaired) electrons. The van der Waals surface area contributed by atoms with Crippen molar-refractivity contribution in [3.05, 3.63) is 47.3 Å². The van der Waals surface area contributed by atoms with E-state index in [9.17, 15) is 4.79 Å². The molecule has 5 heteroatoms. The van der Waals surface area contributed by atoms with Crippen LogP contribution >= 0.6 is 0 Å². The fourth-order valence-corrected chi connectivity index (χ4v) is 3.82. The second kappa shape index (κ2) is 8.51. The molecular formula is C22H30N4O. The van der Waals surface area contributed by atoms with Gasteiger partial charge in [-0.15, -0.1) is 0 Å². The molecule has 1 fully saturated rings. The number of hydrogen-bond donors (Lipinski definition) is 1. The third-order valence-corrected chi connectivity index (χ3v) is 5.42. The maximum atomic E-state index is 12.9. The number of likely N-dealkylation sites (tertiary alicyclic amines) is 1. The van der Waals surface area contributed by atoms with Crippen LogP contribution in [-0.2, 0) is 0 Å². The van der Waals surface area contributed by atoms with E-state index in [-0.39, 0.29) is 5.91 Å². The topological polar surface area (TPSA) is 58.1 Å². The Hall–Kier alpha value is -2.43. The minimum Gasteiger partial charge on any atom is -0.336 e. The maximum Gasteiger partial charge on any atom is 0.257 e.